The van der Waals surface area contributed by atoms with Gasteiger partial charge in [-0.05, 0) is 43.7 Å². The maximum atomic E-state index is 12.8. The number of hydrogen-bond acceptors (Lipinski definition) is 3. The Bertz CT molecular complexity index is 872. The summed E-state index contributed by atoms with van der Waals surface area (Å²) in [6.07, 6.45) is 1.96. The Hall–Kier alpha value is -2.17. The van der Waals surface area contributed by atoms with E-state index >= 15 is 0 Å². The molecule has 1 aliphatic heterocycles. The number of carbonyl (C=O) groups excluding carboxylic acids is 1. The predicted molar refractivity (Wildman–Crippen MR) is 99.9 cm³/mol. The average molecular weight is 354 g/mol. The van der Waals surface area contributed by atoms with E-state index in [2.05, 4.69) is 14.9 Å². The first-order valence-corrected chi connectivity index (χ1v) is 9.02. The van der Waals surface area contributed by atoms with Crippen LogP contribution in [0, 0.1) is 5.92 Å². The van der Waals surface area contributed by atoms with Gasteiger partial charge in [0, 0.05) is 23.0 Å². The number of halogens is 1. The monoisotopic (exact) mass is 353 g/mol. The lowest BCUT2D eigenvalue weighted by Crippen LogP contribution is -2.38. The van der Waals surface area contributed by atoms with Crippen LogP contribution in [0.15, 0.2) is 48.5 Å². The topological polar surface area (TPSA) is 49.0 Å². The number of H-pyrrole nitrogens is 1. The van der Waals surface area contributed by atoms with E-state index in [0.717, 1.165) is 49.3 Å². The number of benzene rings is 2. The summed E-state index contributed by atoms with van der Waals surface area (Å²) in [5.74, 6) is 1.17. The third-order valence-corrected chi connectivity index (χ3v) is 5.03. The highest BCUT2D eigenvalue weighted by atomic mass is 35.5. The number of nitrogens with one attached hydrogen (secondary N) is 1. The van der Waals surface area contributed by atoms with E-state index in [-0.39, 0.29) is 11.7 Å². The first-order valence-electron chi connectivity index (χ1n) is 8.65. The molecule has 0 saturated carbocycles. The van der Waals surface area contributed by atoms with Crippen molar-refractivity contribution < 1.29 is 4.79 Å². The van der Waals surface area contributed by atoms with E-state index < -0.39 is 0 Å². The summed E-state index contributed by atoms with van der Waals surface area (Å²) in [6, 6.07) is 15.3. The third kappa shape index (κ3) is 3.60. The maximum Gasteiger partial charge on any atom is 0.167 e. The average Bonchev–Trinajstić information content (AvgIpc) is 3.03. The number of imidazole rings is 1. The van der Waals surface area contributed by atoms with E-state index in [4.69, 9.17) is 11.6 Å². The fourth-order valence-electron chi connectivity index (χ4n) is 3.58. The second kappa shape index (κ2) is 6.98. The largest absolute Gasteiger partial charge is 0.341 e. The van der Waals surface area contributed by atoms with Crippen molar-refractivity contribution in [3.05, 3.63) is 64.9 Å². The van der Waals surface area contributed by atoms with E-state index in [1.165, 1.54) is 0 Å². The molecule has 3 aromatic rings. The van der Waals surface area contributed by atoms with E-state index in [1.807, 2.05) is 36.4 Å². The molecule has 1 atom stereocenters. The molecule has 4 nitrogen and oxygen atoms in total. The molecule has 2 heterocycles. The summed E-state index contributed by atoms with van der Waals surface area (Å²) in [6.45, 7) is 2.51. The maximum absolute atomic E-state index is 12.8. The molecular formula is C20H20ClN3O. The number of ketones is 1. The van der Waals surface area contributed by atoms with Gasteiger partial charge in [-0.1, -0.05) is 35.9 Å². The first-order chi connectivity index (χ1) is 12.2. The lowest BCUT2D eigenvalue weighted by atomic mass is 9.90. The molecule has 1 fully saturated rings. The van der Waals surface area contributed by atoms with Crippen LogP contribution in [0.25, 0.3) is 11.0 Å². The van der Waals surface area contributed by atoms with Crippen LogP contribution in [0.5, 0.6) is 0 Å². The van der Waals surface area contributed by atoms with Crippen molar-refractivity contribution in [3.63, 3.8) is 0 Å². The van der Waals surface area contributed by atoms with Gasteiger partial charge in [-0.25, -0.2) is 4.98 Å². The minimum atomic E-state index is 0.0246. The summed E-state index contributed by atoms with van der Waals surface area (Å²) >= 11 is 6.03. The van der Waals surface area contributed by atoms with Crippen LogP contribution in [0.3, 0.4) is 0 Å². The van der Waals surface area contributed by atoms with E-state index in [1.54, 1.807) is 12.1 Å². The van der Waals surface area contributed by atoms with Crippen LogP contribution < -0.4 is 0 Å². The van der Waals surface area contributed by atoms with Gasteiger partial charge < -0.3 is 4.98 Å². The van der Waals surface area contributed by atoms with Gasteiger partial charge in [-0.3, -0.25) is 9.69 Å². The number of carbonyl (C=O) groups is 1. The van der Waals surface area contributed by atoms with Crippen molar-refractivity contribution in [2.45, 2.75) is 19.4 Å². The molecular weight excluding hydrogens is 334 g/mol. The number of piperidine rings is 1. The zero-order valence-electron chi connectivity index (χ0n) is 13.9. The highest BCUT2D eigenvalue weighted by Crippen LogP contribution is 2.23. The summed E-state index contributed by atoms with van der Waals surface area (Å²) in [4.78, 5) is 23.1. The lowest BCUT2D eigenvalue weighted by Gasteiger charge is -2.31. The molecule has 0 aliphatic carbocycles. The van der Waals surface area contributed by atoms with E-state index in [0.29, 0.717) is 10.6 Å². The van der Waals surface area contributed by atoms with Crippen molar-refractivity contribution in [3.8, 4) is 0 Å². The van der Waals surface area contributed by atoms with Gasteiger partial charge in [-0.2, -0.15) is 0 Å². The Kier molecular flexibility index (Phi) is 4.55. The van der Waals surface area contributed by atoms with Gasteiger partial charge in [0.25, 0.3) is 0 Å². The van der Waals surface area contributed by atoms with Crippen LogP contribution in [0.4, 0.5) is 0 Å². The van der Waals surface area contributed by atoms with Crippen LogP contribution in [-0.2, 0) is 6.54 Å². The predicted octanol–water partition coefficient (Wildman–Crippen LogP) is 4.31. The molecule has 1 aromatic heterocycles. The van der Waals surface area contributed by atoms with Crippen LogP contribution >= 0.6 is 11.6 Å². The van der Waals surface area contributed by atoms with E-state index in [9.17, 15) is 4.79 Å². The summed E-state index contributed by atoms with van der Waals surface area (Å²) < 4.78 is 0. The van der Waals surface area contributed by atoms with Crippen LogP contribution in [0.2, 0.25) is 5.02 Å². The van der Waals surface area contributed by atoms with Gasteiger partial charge >= 0.3 is 0 Å². The molecule has 1 saturated heterocycles. The van der Waals surface area contributed by atoms with Crippen molar-refractivity contribution in [2.24, 2.45) is 5.92 Å². The molecule has 128 valence electrons. The number of likely N-dealkylation sites (tertiary alicyclic amines) is 1. The van der Waals surface area contributed by atoms with Crippen molar-refractivity contribution in [1.29, 1.82) is 0 Å². The summed E-state index contributed by atoms with van der Waals surface area (Å²) in [7, 11) is 0. The van der Waals surface area contributed by atoms with Crippen molar-refractivity contribution in [2.75, 3.05) is 13.1 Å². The molecule has 4 rings (SSSR count). The molecule has 0 radical (unpaired) electrons. The number of hydrogen-bond donors (Lipinski definition) is 1. The van der Waals surface area contributed by atoms with Crippen LogP contribution in [0.1, 0.15) is 29.0 Å². The second-order valence-corrected chi connectivity index (χ2v) is 7.09. The highest BCUT2D eigenvalue weighted by molar-refractivity contribution is 6.31. The van der Waals surface area contributed by atoms with Gasteiger partial charge in [0.15, 0.2) is 5.78 Å². The molecule has 1 N–H and O–H groups in total. The number of nitrogens with zero attached hydrogens (tertiary/aromatic N) is 2. The molecule has 5 heteroatoms. The third-order valence-electron chi connectivity index (χ3n) is 4.80. The standard InChI is InChI=1S/C20H20ClN3O/c21-16-7-3-5-14(11-16)20(25)15-6-4-10-24(12-15)13-19-22-17-8-1-2-9-18(17)23-19/h1-3,5,7-9,11,15H,4,6,10,12-13H2,(H,22,23)/t15-/m0/s1. The minimum absolute atomic E-state index is 0.0246. The number of aromatic amines is 1. The summed E-state index contributed by atoms with van der Waals surface area (Å²) in [5.41, 5.74) is 2.75. The van der Waals surface area contributed by atoms with Gasteiger partial charge in [0.05, 0.1) is 17.6 Å². The second-order valence-electron chi connectivity index (χ2n) is 6.65. The quantitative estimate of drug-likeness (QED) is 0.711. The zero-order chi connectivity index (χ0) is 17.2. The Morgan fingerprint density at radius 3 is 2.96 bits per heavy atom. The fourth-order valence-corrected chi connectivity index (χ4v) is 3.77. The Morgan fingerprint density at radius 2 is 2.12 bits per heavy atom. The van der Waals surface area contributed by atoms with Gasteiger partial charge in [-0.15, -0.1) is 0 Å². The minimum Gasteiger partial charge on any atom is -0.341 e. The number of para-hydroxylation sites is 2. The molecule has 25 heavy (non-hydrogen) atoms. The lowest BCUT2D eigenvalue weighted by molar-refractivity contribution is 0.0809. The Balaban J connectivity index is 1.46. The number of rotatable bonds is 4. The number of aromatic nitrogens is 2. The highest BCUT2D eigenvalue weighted by Gasteiger charge is 2.27. The SMILES string of the molecule is O=C(c1cccc(Cl)c1)[C@H]1CCCN(Cc2nc3ccccc3[nH]2)C1. The number of fused-ring (bicyclic) bond motifs is 1. The molecule has 2 aromatic carbocycles. The smallest absolute Gasteiger partial charge is 0.167 e. The zero-order valence-corrected chi connectivity index (χ0v) is 14.7. The molecule has 0 amide bonds. The Labute approximate surface area is 151 Å². The first kappa shape index (κ1) is 16.3. The molecule has 0 unspecified atom stereocenters. The van der Waals surface area contributed by atoms with Crippen molar-refractivity contribution >= 4 is 28.4 Å². The molecule has 0 bridgehead atoms. The van der Waals surface area contributed by atoms with Gasteiger partial charge in [0.2, 0.25) is 0 Å². The fraction of sp³-hybridized carbons (Fsp3) is 0.300. The molecule has 1 aliphatic rings. The van der Waals surface area contributed by atoms with Crippen molar-refractivity contribution in [1.82, 2.24) is 14.9 Å². The Morgan fingerprint density at radius 1 is 1.24 bits per heavy atom. The van der Waals surface area contributed by atoms with Gasteiger partial charge in [0.1, 0.15) is 5.82 Å². The van der Waals surface area contributed by atoms with Crippen LogP contribution in [-0.4, -0.2) is 33.7 Å². The number of Topliss-reactive ketones (excluding diaryl/α,β-unsaturated/α-hetero) is 1. The summed E-state index contributed by atoms with van der Waals surface area (Å²) in [5, 5.41) is 0.612. The molecule has 0 spiro atoms. The normalized spacial score (nSPS) is 18.5.